The van der Waals surface area contributed by atoms with Crippen molar-refractivity contribution in [3.8, 4) is 5.75 Å². The van der Waals surface area contributed by atoms with E-state index in [0.717, 1.165) is 24.2 Å². The van der Waals surface area contributed by atoms with Gasteiger partial charge in [-0.2, -0.15) is 0 Å². The average Bonchev–Trinajstić information content (AvgIpc) is 3.18. The van der Waals surface area contributed by atoms with Crippen LogP contribution in [0.5, 0.6) is 5.75 Å². The Hall–Kier alpha value is -2.04. The predicted octanol–water partition coefficient (Wildman–Crippen LogP) is 1.54. The third-order valence-corrected chi connectivity index (χ3v) is 3.64. The zero-order valence-electron chi connectivity index (χ0n) is 11.8. The number of carbonyl (C=O) groups is 1. The van der Waals surface area contributed by atoms with Gasteiger partial charge in [-0.05, 0) is 32.8 Å². The number of nitrogens with zero attached hydrogens (tertiary/aromatic N) is 1. The normalized spacial score (nSPS) is 27.3. The Labute approximate surface area is 118 Å². The number of amides is 1. The molecule has 1 heterocycles. The Morgan fingerprint density at radius 2 is 2.15 bits per heavy atom. The smallest absolute Gasteiger partial charge is 0.256 e. The summed E-state index contributed by atoms with van der Waals surface area (Å²) in [6.07, 6.45) is 2.21. The number of hydrogen-bond donors (Lipinski definition) is 2. The van der Waals surface area contributed by atoms with Crippen LogP contribution >= 0.6 is 0 Å². The molecule has 20 heavy (non-hydrogen) atoms. The first-order chi connectivity index (χ1) is 9.63. The van der Waals surface area contributed by atoms with Gasteiger partial charge < -0.3 is 10.1 Å². The molecule has 1 aromatic rings. The van der Waals surface area contributed by atoms with Crippen LogP contribution < -0.4 is 15.4 Å². The van der Waals surface area contributed by atoms with Crippen LogP contribution in [-0.2, 0) is 10.3 Å². The fourth-order valence-corrected chi connectivity index (χ4v) is 2.36. The molecule has 1 saturated heterocycles. The lowest BCUT2D eigenvalue weighted by Crippen LogP contribution is -2.41. The lowest BCUT2D eigenvalue weighted by Gasteiger charge is -2.24. The number of benzene rings is 1. The average molecular weight is 273 g/mol. The molecule has 0 radical (unpaired) electrons. The van der Waals surface area contributed by atoms with Gasteiger partial charge in [0, 0.05) is 5.56 Å². The molecule has 1 amide bonds. The van der Waals surface area contributed by atoms with Gasteiger partial charge in [0.2, 0.25) is 0 Å². The van der Waals surface area contributed by atoms with E-state index in [-0.39, 0.29) is 5.91 Å². The topological polar surface area (TPSA) is 62.7 Å². The standard InChI is InChI=1S/C15H19N3O2/c1-3-20-12-7-5-4-6-11(12)15(2)13(19)17-14(18-15)16-10-8-9-10/h4-7,10H,3,8-9H2,1-2H3,(H2,16,17,18,19). The zero-order valence-corrected chi connectivity index (χ0v) is 11.8. The molecule has 3 rings (SSSR count). The molecule has 1 unspecified atom stereocenters. The number of hydrogen-bond acceptors (Lipinski definition) is 3. The maximum Gasteiger partial charge on any atom is 0.256 e. The highest BCUT2D eigenvalue weighted by atomic mass is 16.5. The van der Waals surface area contributed by atoms with Crippen molar-refractivity contribution in [2.75, 3.05) is 6.61 Å². The Balaban J connectivity index is 1.93. The van der Waals surface area contributed by atoms with Gasteiger partial charge in [0.25, 0.3) is 5.91 Å². The highest BCUT2D eigenvalue weighted by Crippen LogP contribution is 2.33. The predicted molar refractivity (Wildman–Crippen MR) is 76.7 cm³/mol. The molecule has 1 saturated carbocycles. The van der Waals surface area contributed by atoms with E-state index in [0.29, 0.717) is 18.6 Å². The van der Waals surface area contributed by atoms with E-state index in [1.807, 2.05) is 38.1 Å². The fourth-order valence-electron chi connectivity index (χ4n) is 2.36. The highest BCUT2D eigenvalue weighted by molar-refractivity contribution is 6.09. The van der Waals surface area contributed by atoms with Crippen LogP contribution in [0.4, 0.5) is 0 Å². The van der Waals surface area contributed by atoms with Gasteiger partial charge in [0.05, 0.1) is 12.6 Å². The molecule has 2 N–H and O–H groups in total. The van der Waals surface area contributed by atoms with E-state index in [1.165, 1.54) is 0 Å². The summed E-state index contributed by atoms with van der Waals surface area (Å²) >= 11 is 0. The molecule has 0 bridgehead atoms. The van der Waals surface area contributed by atoms with E-state index < -0.39 is 5.54 Å². The van der Waals surface area contributed by atoms with Crippen LogP contribution in [-0.4, -0.2) is 24.5 Å². The second-order valence-electron chi connectivity index (χ2n) is 5.34. The van der Waals surface area contributed by atoms with Crippen LogP contribution in [0, 0.1) is 0 Å². The summed E-state index contributed by atoms with van der Waals surface area (Å²) in [5, 5.41) is 6.04. The van der Waals surface area contributed by atoms with Crippen LogP contribution in [0.15, 0.2) is 29.3 Å². The minimum absolute atomic E-state index is 0.0935. The Morgan fingerprint density at radius 3 is 2.85 bits per heavy atom. The SMILES string of the molecule is CCOc1ccccc1C1(C)NC(=NC2CC2)NC1=O. The first-order valence-electron chi connectivity index (χ1n) is 7.03. The third-order valence-electron chi connectivity index (χ3n) is 3.64. The molecule has 0 aromatic heterocycles. The van der Waals surface area contributed by atoms with Crippen LogP contribution in [0.1, 0.15) is 32.3 Å². The number of aliphatic imine (C=N–C) groups is 1. The molecule has 2 aliphatic rings. The lowest BCUT2D eigenvalue weighted by molar-refractivity contribution is -0.123. The molecule has 106 valence electrons. The van der Waals surface area contributed by atoms with Gasteiger partial charge in [-0.1, -0.05) is 18.2 Å². The first-order valence-corrected chi connectivity index (χ1v) is 7.03. The summed E-state index contributed by atoms with van der Waals surface area (Å²) in [4.78, 5) is 16.8. The van der Waals surface area contributed by atoms with Crippen molar-refractivity contribution in [2.45, 2.75) is 38.3 Å². The van der Waals surface area contributed by atoms with Gasteiger partial charge in [0.1, 0.15) is 11.3 Å². The van der Waals surface area contributed by atoms with Crippen molar-refractivity contribution < 1.29 is 9.53 Å². The summed E-state index contributed by atoms with van der Waals surface area (Å²) in [6, 6.07) is 7.98. The lowest BCUT2D eigenvalue weighted by atomic mass is 9.91. The number of rotatable bonds is 4. The highest BCUT2D eigenvalue weighted by Gasteiger charge is 2.44. The van der Waals surface area contributed by atoms with Crippen LogP contribution in [0.3, 0.4) is 0 Å². The maximum atomic E-state index is 12.4. The van der Waals surface area contributed by atoms with Crippen molar-refractivity contribution >= 4 is 11.9 Å². The van der Waals surface area contributed by atoms with E-state index in [2.05, 4.69) is 15.6 Å². The minimum Gasteiger partial charge on any atom is -0.493 e. The monoisotopic (exact) mass is 273 g/mol. The molecule has 1 aromatic carbocycles. The summed E-state index contributed by atoms with van der Waals surface area (Å²) in [5.74, 6) is 1.21. The fraction of sp³-hybridized carbons (Fsp3) is 0.467. The molecule has 5 nitrogen and oxygen atoms in total. The summed E-state index contributed by atoms with van der Waals surface area (Å²) < 4.78 is 5.63. The van der Waals surface area contributed by atoms with Gasteiger partial charge >= 0.3 is 0 Å². The molecule has 1 atom stereocenters. The van der Waals surface area contributed by atoms with Crippen molar-refractivity contribution in [1.82, 2.24) is 10.6 Å². The first kappa shape index (κ1) is 13.0. The van der Waals surface area contributed by atoms with E-state index >= 15 is 0 Å². The Bertz CT molecular complexity index is 566. The molecular weight excluding hydrogens is 254 g/mol. The van der Waals surface area contributed by atoms with E-state index in [1.54, 1.807) is 0 Å². The van der Waals surface area contributed by atoms with Gasteiger partial charge in [0.15, 0.2) is 5.96 Å². The number of guanidine groups is 1. The number of nitrogens with one attached hydrogen (secondary N) is 2. The second kappa shape index (κ2) is 4.81. The second-order valence-corrected chi connectivity index (χ2v) is 5.34. The largest absolute Gasteiger partial charge is 0.493 e. The number of carbonyl (C=O) groups excluding carboxylic acids is 1. The zero-order chi connectivity index (χ0) is 14.2. The third kappa shape index (κ3) is 2.24. The number of para-hydroxylation sites is 1. The molecule has 0 spiro atoms. The molecular formula is C15H19N3O2. The molecule has 2 fully saturated rings. The van der Waals surface area contributed by atoms with E-state index in [4.69, 9.17) is 4.74 Å². The summed E-state index contributed by atoms with van der Waals surface area (Å²) in [7, 11) is 0. The van der Waals surface area contributed by atoms with Gasteiger partial charge in [-0.3, -0.25) is 10.1 Å². The molecule has 1 aliphatic carbocycles. The maximum absolute atomic E-state index is 12.4. The summed E-state index contributed by atoms with van der Waals surface area (Å²) in [6.45, 7) is 4.36. The van der Waals surface area contributed by atoms with Crippen molar-refractivity contribution in [3.05, 3.63) is 29.8 Å². The Kier molecular flexibility index (Phi) is 3.12. The molecule has 5 heteroatoms. The summed E-state index contributed by atoms with van der Waals surface area (Å²) in [5.41, 5.74) is -0.000188. The van der Waals surface area contributed by atoms with Crippen LogP contribution in [0.2, 0.25) is 0 Å². The van der Waals surface area contributed by atoms with E-state index in [9.17, 15) is 4.79 Å². The Morgan fingerprint density at radius 1 is 1.40 bits per heavy atom. The van der Waals surface area contributed by atoms with Crippen molar-refractivity contribution in [3.63, 3.8) is 0 Å². The van der Waals surface area contributed by atoms with Crippen molar-refractivity contribution in [2.24, 2.45) is 4.99 Å². The minimum atomic E-state index is -0.834. The van der Waals surface area contributed by atoms with Gasteiger partial charge in [-0.15, -0.1) is 0 Å². The quantitative estimate of drug-likeness (QED) is 0.874. The van der Waals surface area contributed by atoms with Crippen LogP contribution in [0.25, 0.3) is 0 Å². The van der Waals surface area contributed by atoms with Crippen molar-refractivity contribution in [1.29, 1.82) is 0 Å². The molecule has 1 aliphatic heterocycles. The van der Waals surface area contributed by atoms with Gasteiger partial charge in [-0.25, -0.2) is 4.99 Å². The number of ether oxygens (including phenoxy) is 1.